The van der Waals surface area contributed by atoms with Crippen LogP contribution in [-0.4, -0.2) is 26.3 Å². The normalized spacial score (nSPS) is 14.4. The van der Waals surface area contributed by atoms with Crippen molar-refractivity contribution in [1.29, 1.82) is 0 Å². The lowest BCUT2D eigenvalue weighted by molar-refractivity contribution is 0.0388. The standard InChI is InChI=1S/C12H17NO3S/c1-15-6-7-16-12(14)10-8-4-2-3-5-9(8)17-11(10)13/h2-7,13H2,1H3. The Labute approximate surface area is 105 Å². The predicted molar refractivity (Wildman–Crippen MR) is 67.5 cm³/mol. The summed E-state index contributed by atoms with van der Waals surface area (Å²) in [6.07, 6.45) is 4.29. The molecule has 1 aromatic rings. The van der Waals surface area contributed by atoms with Gasteiger partial charge in [-0.05, 0) is 31.2 Å². The lowest BCUT2D eigenvalue weighted by Crippen LogP contribution is -2.13. The van der Waals surface area contributed by atoms with Gasteiger partial charge in [-0.25, -0.2) is 4.79 Å². The van der Waals surface area contributed by atoms with Gasteiger partial charge in [0.15, 0.2) is 0 Å². The molecule has 0 saturated heterocycles. The van der Waals surface area contributed by atoms with Crippen molar-refractivity contribution in [3.8, 4) is 0 Å². The quantitative estimate of drug-likeness (QED) is 0.660. The van der Waals surface area contributed by atoms with Crippen LogP contribution in [0.15, 0.2) is 0 Å². The minimum atomic E-state index is -0.307. The van der Waals surface area contributed by atoms with Crippen molar-refractivity contribution in [2.24, 2.45) is 0 Å². The first-order chi connectivity index (χ1) is 8.24. The molecule has 0 aliphatic heterocycles. The molecule has 0 saturated carbocycles. The fourth-order valence-corrected chi connectivity index (χ4v) is 3.25. The van der Waals surface area contributed by atoms with Gasteiger partial charge in [0, 0.05) is 12.0 Å². The smallest absolute Gasteiger partial charge is 0.341 e. The molecular weight excluding hydrogens is 238 g/mol. The molecule has 0 aromatic carbocycles. The van der Waals surface area contributed by atoms with Crippen molar-refractivity contribution in [3.63, 3.8) is 0 Å². The maximum atomic E-state index is 11.9. The van der Waals surface area contributed by atoms with Crippen LogP contribution in [0.3, 0.4) is 0 Å². The topological polar surface area (TPSA) is 61.5 Å². The van der Waals surface area contributed by atoms with Crippen molar-refractivity contribution < 1.29 is 14.3 Å². The van der Waals surface area contributed by atoms with Crippen LogP contribution in [-0.2, 0) is 22.3 Å². The fraction of sp³-hybridized carbons (Fsp3) is 0.583. The Morgan fingerprint density at radius 3 is 2.88 bits per heavy atom. The SMILES string of the molecule is COCCOC(=O)c1c(N)sc2c1CCCC2. The number of fused-ring (bicyclic) bond motifs is 1. The molecule has 0 fully saturated rings. The summed E-state index contributed by atoms with van der Waals surface area (Å²) >= 11 is 1.53. The van der Waals surface area contributed by atoms with Crippen LogP contribution >= 0.6 is 11.3 Å². The highest BCUT2D eigenvalue weighted by Gasteiger charge is 2.24. The van der Waals surface area contributed by atoms with Crippen LogP contribution in [0.1, 0.15) is 33.6 Å². The molecule has 4 nitrogen and oxygen atoms in total. The van der Waals surface area contributed by atoms with Crippen molar-refractivity contribution in [2.45, 2.75) is 25.7 Å². The van der Waals surface area contributed by atoms with Gasteiger partial charge in [-0.3, -0.25) is 0 Å². The zero-order chi connectivity index (χ0) is 12.3. The van der Waals surface area contributed by atoms with E-state index in [-0.39, 0.29) is 12.6 Å². The molecule has 5 heteroatoms. The molecule has 17 heavy (non-hydrogen) atoms. The number of hydrogen-bond acceptors (Lipinski definition) is 5. The van der Waals surface area contributed by atoms with Crippen molar-refractivity contribution >= 4 is 22.3 Å². The number of rotatable bonds is 4. The summed E-state index contributed by atoms with van der Waals surface area (Å²) in [6.45, 7) is 0.692. The maximum absolute atomic E-state index is 11.9. The summed E-state index contributed by atoms with van der Waals surface area (Å²) in [5.74, 6) is -0.307. The predicted octanol–water partition coefficient (Wildman–Crippen LogP) is 2.01. The van der Waals surface area contributed by atoms with Gasteiger partial charge in [0.1, 0.15) is 11.6 Å². The Bertz CT molecular complexity index is 414. The summed E-state index contributed by atoms with van der Waals surface area (Å²) in [4.78, 5) is 13.2. The molecule has 1 aliphatic rings. The number of esters is 1. The van der Waals surface area contributed by atoms with E-state index < -0.39 is 0 Å². The van der Waals surface area contributed by atoms with Crippen LogP contribution in [0.25, 0.3) is 0 Å². The van der Waals surface area contributed by atoms with E-state index in [2.05, 4.69) is 0 Å². The van der Waals surface area contributed by atoms with E-state index in [1.165, 1.54) is 22.6 Å². The highest BCUT2D eigenvalue weighted by atomic mass is 32.1. The van der Waals surface area contributed by atoms with Crippen LogP contribution in [0, 0.1) is 0 Å². The van der Waals surface area contributed by atoms with Gasteiger partial charge in [0.25, 0.3) is 0 Å². The molecule has 1 aliphatic carbocycles. The highest BCUT2D eigenvalue weighted by molar-refractivity contribution is 7.16. The molecule has 0 radical (unpaired) electrons. The maximum Gasteiger partial charge on any atom is 0.341 e. The van der Waals surface area contributed by atoms with Gasteiger partial charge in [-0.2, -0.15) is 0 Å². The van der Waals surface area contributed by atoms with Crippen molar-refractivity contribution in [3.05, 3.63) is 16.0 Å². The zero-order valence-corrected chi connectivity index (χ0v) is 10.8. The van der Waals surface area contributed by atoms with E-state index in [1.807, 2.05) is 0 Å². The fourth-order valence-electron chi connectivity index (χ4n) is 2.10. The van der Waals surface area contributed by atoms with Crippen molar-refractivity contribution in [2.75, 3.05) is 26.1 Å². The molecule has 2 rings (SSSR count). The first kappa shape index (κ1) is 12.4. The third-order valence-electron chi connectivity index (χ3n) is 2.92. The molecule has 0 amide bonds. The van der Waals surface area contributed by atoms with E-state index in [9.17, 15) is 4.79 Å². The minimum Gasteiger partial charge on any atom is -0.460 e. The average molecular weight is 255 g/mol. The van der Waals surface area contributed by atoms with Gasteiger partial charge in [0.05, 0.1) is 12.2 Å². The Morgan fingerprint density at radius 2 is 2.12 bits per heavy atom. The molecule has 0 bridgehead atoms. The summed E-state index contributed by atoms with van der Waals surface area (Å²) in [6, 6.07) is 0. The largest absolute Gasteiger partial charge is 0.460 e. The van der Waals surface area contributed by atoms with Crippen molar-refractivity contribution in [1.82, 2.24) is 0 Å². The van der Waals surface area contributed by atoms with E-state index in [0.717, 1.165) is 24.8 Å². The molecule has 0 atom stereocenters. The Morgan fingerprint density at radius 1 is 1.35 bits per heavy atom. The number of anilines is 1. The number of nitrogens with two attached hydrogens (primary N) is 1. The Hall–Kier alpha value is -1.07. The minimum absolute atomic E-state index is 0.277. The van der Waals surface area contributed by atoms with Crippen LogP contribution in [0.4, 0.5) is 5.00 Å². The number of carbonyl (C=O) groups excluding carboxylic acids is 1. The molecule has 0 spiro atoms. The van der Waals surface area contributed by atoms with Gasteiger partial charge in [-0.15, -0.1) is 11.3 Å². The molecule has 1 aromatic heterocycles. The highest BCUT2D eigenvalue weighted by Crippen LogP contribution is 2.36. The van der Waals surface area contributed by atoms with Gasteiger partial charge in [0.2, 0.25) is 0 Å². The zero-order valence-electron chi connectivity index (χ0n) is 9.95. The molecule has 0 unspecified atom stereocenters. The number of aryl methyl sites for hydroxylation is 1. The summed E-state index contributed by atoms with van der Waals surface area (Å²) in [7, 11) is 1.58. The second-order valence-electron chi connectivity index (χ2n) is 4.08. The van der Waals surface area contributed by atoms with E-state index in [0.29, 0.717) is 17.2 Å². The van der Waals surface area contributed by atoms with Gasteiger partial charge in [-0.1, -0.05) is 0 Å². The number of nitrogen functional groups attached to an aromatic ring is 1. The second-order valence-corrected chi connectivity index (χ2v) is 5.22. The number of carbonyl (C=O) groups is 1. The van der Waals surface area contributed by atoms with E-state index >= 15 is 0 Å². The monoisotopic (exact) mass is 255 g/mol. The molecular formula is C12H17NO3S. The number of thiophene rings is 1. The Kier molecular flexibility index (Phi) is 4.02. The van der Waals surface area contributed by atoms with E-state index in [4.69, 9.17) is 15.2 Å². The first-order valence-electron chi connectivity index (χ1n) is 5.80. The summed E-state index contributed by atoms with van der Waals surface area (Å²) in [5, 5.41) is 0.597. The van der Waals surface area contributed by atoms with Gasteiger partial charge < -0.3 is 15.2 Å². The number of methoxy groups -OCH3 is 1. The molecule has 1 heterocycles. The average Bonchev–Trinajstić information content (AvgIpc) is 2.65. The third kappa shape index (κ3) is 2.61. The van der Waals surface area contributed by atoms with Crippen LogP contribution in [0.5, 0.6) is 0 Å². The Balaban J connectivity index is 2.14. The lowest BCUT2D eigenvalue weighted by Gasteiger charge is -2.12. The first-order valence-corrected chi connectivity index (χ1v) is 6.61. The summed E-state index contributed by atoms with van der Waals surface area (Å²) in [5.41, 5.74) is 7.62. The van der Waals surface area contributed by atoms with E-state index in [1.54, 1.807) is 7.11 Å². The lowest BCUT2D eigenvalue weighted by atomic mass is 9.95. The van der Waals surface area contributed by atoms with Gasteiger partial charge >= 0.3 is 5.97 Å². The molecule has 2 N–H and O–H groups in total. The number of hydrogen-bond donors (Lipinski definition) is 1. The molecule has 94 valence electrons. The van der Waals surface area contributed by atoms with Crippen LogP contribution < -0.4 is 5.73 Å². The second kappa shape index (κ2) is 5.51. The third-order valence-corrected chi connectivity index (χ3v) is 4.04. The van der Waals surface area contributed by atoms with Crippen LogP contribution in [0.2, 0.25) is 0 Å². The number of ether oxygens (including phenoxy) is 2. The summed E-state index contributed by atoms with van der Waals surface area (Å²) < 4.78 is 9.98.